The Hall–Kier alpha value is -0.950. The Morgan fingerprint density at radius 3 is 2.37 bits per heavy atom. The quantitative estimate of drug-likeness (QED) is 0.349. The third-order valence-electron chi connectivity index (χ3n) is 6.86. The zero-order valence-electron chi connectivity index (χ0n) is 18.6. The molecular weight excluding hydrogens is 384 g/mol. The maximum atomic E-state index is 10.6. The number of fused-ring (bicyclic) bond motifs is 1. The number of rotatable bonds is 12. The number of aliphatic carboxylic acids is 1. The fraction of sp³-hybridized carbons (Fsp3) is 0.875. The predicted molar refractivity (Wildman–Crippen MR) is 114 cm³/mol. The van der Waals surface area contributed by atoms with Gasteiger partial charge < -0.3 is 24.1 Å². The van der Waals surface area contributed by atoms with Gasteiger partial charge in [-0.2, -0.15) is 0 Å². The van der Waals surface area contributed by atoms with Crippen molar-refractivity contribution in [3.05, 3.63) is 12.2 Å². The van der Waals surface area contributed by atoms with Crippen LogP contribution >= 0.6 is 0 Å². The van der Waals surface area contributed by atoms with Gasteiger partial charge in [-0.1, -0.05) is 45.1 Å². The van der Waals surface area contributed by atoms with Gasteiger partial charge in [-0.25, -0.2) is 0 Å². The summed E-state index contributed by atoms with van der Waals surface area (Å²) in [5, 5.41) is 8.75. The average Bonchev–Trinajstić information content (AvgIpc) is 3.20. The van der Waals surface area contributed by atoms with Crippen LogP contribution in [-0.4, -0.2) is 49.1 Å². The van der Waals surface area contributed by atoms with Crippen molar-refractivity contribution in [1.29, 1.82) is 0 Å². The molecule has 3 fully saturated rings. The number of allylic oxidation sites excluding steroid dienone is 1. The number of hydrogen-bond donors (Lipinski definition) is 1. The van der Waals surface area contributed by atoms with Crippen LogP contribution in [0.3, 0.4) is 0 Å². The molecule has 0 amide bonds. The van der Waals surface area contributed by atoms with Gasteiger partial charge in [-0.05, 0) is 50.0 Å². The van der Waals surface area contributed by atoms with Gasteiger partial charge in [0.1, 0.15) is 0 Å². The molecule has 1 aliphatic carbocycles. The molecule has 2 heterocycles. The van der Waals surface area contributed by atoms with Crippen LogP contribution in [0.5, 0.6) is 0 Å². The first kappa shape index (κ1) is 23.7. The monoisotopic (exact) mass is 424 g/mol. The first-order valence-corrected chi connectivity index (χ1v) is 12.1. The molecule has 0 bridgehead atoms. The minimum Gasteiger partial charge on any atom is -0.481 e. The van der Waals surface area contributed by atoms with Crippen molar-refractivity contribution in [2.45, 2.75) is 95.5 Å². The zero-order chi connectivity index (χ0) is 21.3. The van der Waals surface area contributed by atoms with E-state index in [0.717, 1.165) is 38.5 Å². The van der Waals surface area contributed by atoms with Gasteiger partial charge in [-0.3, -0.25) is 4.79 Å². The van der Waals surface area contributed by atoms with Gasteiger partial charge in [0.15, 0.2) is 0 Å². The average molecular weight is 425 g/mol. The van der Waals surface area contributed by atoms with Crippen molar-refractivity contribution in [3.8, 4) is 0 Å². The van der Waals surface area contributed by atoms with Crippen molar-refractivity contribution >= 4 is 5.97 Å². The van der Waals surface area contributed by atoms with Crippen LogP contribution in [0.2, 0.25) is 0 Å². The highest BCUT2D eigenvalue weighted by atomic mass is 16.8. The van der Waals surface area contributed by atoms with Crippen LogP contribution in [-0.2, 0) is 23.7 Å². The maximum absolute atomic E-state index is 10.6. The van der Waals surface area contributed by atoms with E-state index in [9.17, 15) is 4.79 Å². The standard InChI is InChI=1S/C24H40O6/c1-2-3-14-23-24(29-18-16-27-23,30-19-17-28-23)15-13-21-11-8-10-20(21)9-6-4-5-7-12-22(25)26/h13,15,20-21H,2-12,14,16-19H2,1H3,(H,25,26)/t20-,21+,23?,24?/m0/s1. The van der Waals surface area contributed by atoms with Crippen molar-refractivity contribution in [3.63, 3.8) is 0 Å². The van der Waals surface area contributed by atoms with E-state index in [4.69, 9.17) is 24.1 Å². The van der Waals surface area contributed by atoms with Gasteiger partial charge >= 0.3 is 5.97 Å². The van der Waals surface area contributed by atoms with E-state index >= 15 is 0 Å². The first-order valence-electron chi connectivity index (χ1n) is 12.1. The van der Waals surface area contributed by atoms with E-state index in [1.165, 1.54) is 32.1 Å². The molecule has 0 radical (unpaired) electrons. The number of carboxylic acids is 1. The summed E-state index contributed by atoms with van der Waals surface area (Å²) in [6.45, 7) is 4.29. The molecule has 2 saturated heterocycles. The molecule has 6 heteroatoms. The smallest absolute Gasteiger partial charge is 0.303 e. The second-order valence-electron chi connectivity index (χ2n) is 8.98. The molecule has 2 atom stereocenters. The molecule has 0 aromatic carbocycles. The Bertz CT molecular complexity index is 548. The summed E-state index contributed by atoms with van der Waals surface area (Å²) >= 11 is 0. The number of hydrogen-bond acceptors (Lipinski definition) is 5. The molecule has 0 unspecified atom stereocenters. The molecule has 0 spiro atoms. The summed E-state index contributed by atoms with van der Waals surface area (Å²) in [6.07, 6.45) is 16.6. The van der Waals surface area contributed by atoms with Crippen LogP contribution in [0.25, 0.3) is 0 Å². The summed E-state index contributed by atoms with van der Waals surface area (Å²) in [6, 6.07) is 0. The molecule has 30 heavy (non-hydrogen) atoms. The van der Waals surface area contributed by atoms with Gasteiger partial charge in [-0.15, -0.1) is 0 Å². The van der Waals surface area contributed by atoms with Crippen molar-refractivity contribution in [2.75, 3.05) is 26.4 Å². The Morgan fingerprint density at radius 2 is 1.67 bits per heavy atom. The predicted octanol–water partition coefficient (Wildman–Crippen LogP) is 5.06. The highest BCUT2D eigenvalue weighted by Crippen LogP contribution is 2.44. The molecular formula is C24H40O6. The molecule has 0 aromatic rings. The summed E-state index contributed by atoms with van der Waals surface area (Å²) < 4.78 is 24.7. The van der Waals surface area contributed by atoms with Gasteiger partial charge in [0.2, 0.25) is 11.6 Å². The van der Waals surface area contributed by atoms with E-state index in [1.54, 1.807) is 0 Å². The highest BCUT2D eigenvalue weighted by molar-refractivity contribution is 5.66. The highest BCUT2D eigenvalue weighted by Gasteiger charge is 2.58. The number of carbonyl (C=O) groups is 1. The van der Waals surface area contributed by atoms with E-state index in [0.29, 0.717) is 44.7 Å². The largest absolute Gasteiger partial charge is 0.481 e. The molecule has 0 aromatic heterocycles. The van der Waals surface area contributed by atoms with E-state index in [1.807, 2.05) is 0 Å². The summed E-state index contributed by atoms with van der Waals surface area (Å²) in [4.78, 5) is 10.6. The van der Waals surface area contributed by atoms with Gasteiger partial charge in [0.25, 0.3) is 0 Å². The Balaban J connectivity index is 1.57. The van der Waals surface area contributed by atoms with Crippen LogP contribution in [0.1, 0.15) is 84.0 Å². The molecule has 3 rings (SSSR count). The molecule has 6 nitrogen and oxygen atoms in total. The second kappa shape index (κ2) is 11.6. The fourth-order valence-corrected chi connectivity index (χ4v) is 5.22. The third kappa shape index (κ3) is 5.84. The van der Waals surface area contributed by atoms with Crippen molar-refractivity contribution in [1.82, 2.24) is 0 Å². The SMILES string of the molecule is CCCCC12OCCOC1(C=C[C@H]1CCC[C@@H]1CCCCCCC(=O)O)OCCO2. The lowest BCUT2D eigenvalue weighted by Crippen LogP contribution is -2.66. The molecule has 2 aliphatic heterocycles. The lowest BCUT2D eigenvalue weighted by Gasteiger charge is -2.52. The maximum Gasteiger partial charge on any atom is 0.303 e. The topological polar surface area (TPSA) is 74.2 Å². The summed E-state index contributed by atoms with van der Waals surface area (Å²) in [5.41, 5.74) is 0. The zero-order valence-corrected chi connectivity index (χ0v) is 18.6. The normalized spacial score (nSPS) is 34.3. The number of ether oxygens (including phenoxy) is 4. The van der Waals surface area contributed by atoms with E-state index in [2.05, 4.69) is 19.1 Å². The summed E-state index contributed by atoms with van der Waals surface area (Å²) in [7, 11) is 0. The Morgan fingerprint density at radius 1 is 0.967 bits per heavy atom. The van der Waals surface area contributed by atoms with Crippen LogP contribution in [0.15, 0.2) is 12.2 Å². The van der Waals surface area contributed by atoms with Gasteiger partial charge in [0, 0.05) is 12.8 Å². The lowest BCUT2D eigenvalue weighted by atomic mass is 9.88. The van der Waals surface area contributed by atoms with Gasteiger partial charge in [0.05, 0.1) is 26.4 Å². The molecule has 1 N–H and O–H groups in total. The number of unbranched alkanes of at least 4 members (excludes halogenated alkanes) is 4. The van der Waals surface area contributed by atoms with Crippen molar-refractivity contribution < 1.29 is 28.8 Å². The van der Waals surface area contributed by atoms with Crippen molar-refractivity contribution in [2.24, 2.45) is 11.8 Å². The van der Waals surface area contributed by atoms with Crippen LogP contribution in [0, 0.1) is 11.8 Å². The second-order valence-corrected chi connectivity index (χ2v) is 8.98. The lowest BCUT2D eigenvalue weighted by molar-refractivity contribution is -0.448. The molecule has 3 aliphatic rings. The minimum atomic E-state index is -0.928. The number of carboxylic acid groups (broad SMARTS) is 1. The fourth-order valence-electron chi connectivity index (χ4n) is 5.22. The summed E-state index contributed by atoms with van der Waals surface area (Å²) in [5.74, 6) is -1.21. The van der Waals surface area contributed by atoms with Crippen LogP contribution < -0.4 is 0 Å². The third-order valence-corrected chi connectivity index (χ3v) is 6.86. The van der Waals surface area contributed by atoms with E-state index in [-0.39, 0.29) is 0 Å². The molecule has 172 valence electrons. The first-order chi connectivity index (χ1) is 14.6. The minimum absolute atomic E-state index is 0.292. The Kier molecular flexibility index (Phi) is 9.17. The van der Waals surface area contributed by atoms with E-state index < -0.39 is 17.5 Å². The molecule has 1 saturated carbocycles. The van der Waals surface area contributed by atoms with Crippen LogP contribution in [0.4, 0.5) is 0 Å². The Labute approximate surface area is 181 Å².